The van der Waals surface area contributed by atoms with Gasteiger partial charge in [-0.3, -0.25) is 14.4 Å². The summed E-state index contributed by atoms with van der Waals surface area (Å²) in [5.41, 5.74) is 4.26. The van der Waals surface area contributed by atoms with Crippen LogP contribution in [0.3, 0.4) is 0 Å². The lowest BCUT2D eigenvalue weighted by molar-refractivity contribution is -0.292. The largest absolute Gasteiger partial charge is 0.394 e. The predicted octanol–water partition coefficient (Wildman–Crippen LogP) is 6.98. The summed E-state index contributed by atoms with van der Waals surface area (Å²) in [7, 11) is 0. The molecule has 17 aliphatic heterocycles. The third-order valence-electron chi connectivity index (χ3n) is 27.4. The summed E-state index contributed by atoms with van der Waals surface area (Å²) in [4.78, 5) is 40.9. The predicted molar refractivity (Wildman–Crippen MR) is 370 cm³/mol. The average Bonchev–Trinajstić information content (AvgIpc) is 1.55. The van der Waals surface area contributed by atoms with E-state index in [-0.39, 0.29) is 214 Å². The molecule has 23 heteroatoms. The highest BCUT2D eigenvalue weighted by molar-refractivity contribution is 5.80. The van der Waals surface area contributed by atoms with E-state index in [1.165, 1.54) is 0 Å². The Morgan fingerprint density at radius 1 is 0.398 bits per heavy atom. The van der Waals surface area contributed by atoms with Gasteiger partial charge in [-0.15, -0.1) is 0 Å². The van der Waals surface area contributed by atoms with Crippen molar-refractivity contribution in [1.29, 1.82) is 0 Å². The number of hydrogen-bond acceptors (Lipinski definition) is 23. The molecule has 37 atom stereocenters. The van der Waals surface area contributed by atoms with Gasteiger partial charge >= 0.3 is 0 Å². The minimum atomic E-state index is -1.08. The Morgan fingerprint density at radius 2 is 0.854 bits per heavy atom. The van der Waals surface area contributed by atoms with Crippen molar-refractivity contribution >= 4 is 17.3 Å². The molecular weight excluding hydrogens is 1330 g/mol. The Labute approximate surface area is 607 Å². The average molecular weight is 1450 g/mol. The lowest BCUT2D eigenvalue weighted by Gasteiger charge is -2.47. The lowest BCUT2D eigenvalue weighted by atomic mass is 9.79. The molecule has 20 bridgehead atoms. The Balaban J connectivity index is 0.000000166. The van der Waals surface area contributed by atoms with Crippen LogP contribution in [0.25, 0.3) is 0 Å². The Kier molecular flexibility index (Phi) is 23.1. The number of aliphatic hydroxyl groups is 6. The van der Waals surface area contributed by atoms with Crippen molar-refractivity contribution in [3.63, 3.8) is 0 Å². The number of aliphatic hydroxyl groups excluding tert-OH is 6. The number of ketones is 3. The fraction of sp³-hybridized carbons (Fsp3) is 0.863. The lowest BCUT2D eigenvalue weighted by Crippen LogP contribution is -2.61. The number of hydrogen-bond donors (Lipinski definition) is 6. The van der Waals surface area contributed by atoms with Crippen molar-refractivity contribution in [3.8, 4) is 0 Å². The maximum atomic E-state index is 14.0. The van der Waals surface area contributed by atoms with Gasteiger partial charge in [0.1, 0.15) is 78.4 Å². The molecular formula is C80H118O23. The van der Waals surface area contributed by atoms with Crippen LogP contribution < -0.4 is 0 Å². The minimum Gasteiger partial charge on any atom is -0.394 e. The number of rotatable bonds is 6. The molecule has 0 radical (unpaired) electrons. The number of ether oxygens (including phenoxy) is 14. The highest BCUT2D eigenvalue weighted by Gasteiger charge is 2.69. The zero-order valence-electron chi connectivity index (χ0n) is 61.0. The van der Waals surface area contributed by atoms with Gasteiger partial charge in [0.25, 0.3) is 0 Å². The van der Waals surface area contributed by atoms with Crippen molar-refractivity contribution in [2.45, 2.75) is 384 Å². The van der Waals surface area contributed by atoms with E-state index in [0.717, 1.165) is 86.5 Å². The van der Waals surface area contributed by atoms with Crippen LogP contribution in [0, 0.1) is 35.5 Å². The Morgan fingerprint density at radius 3 is 1.42 bits per heavy atom. The van der Waals surface area contributed by atoms with E-state index in [4.69, 9.17) is 66.3 Å². The van der Waals surface area contributed by atoms with E-state index in [1.54, 1.807) is 0 Å². The summed E-state index contributed by atoms with van der Waals surface area (Å²) in [6.45, 7) is 25.5. The van der Waals surface area contributed by atoms with E-state index in [2.05, 4.69) is 54.0 Å². The Bertz CT molecular complexity index is 3070. The van der Waals surface area contributed by atoms with Crippen LogP contribution in [0.4, 0.5) is 0 Å². The summed E-state index contributed by atoms with van der Waals surface area (Å²) < 4.78 is 92.3. The molecule has 1 spiro atoms. The van der Waals surface area contributed by atoms with Gasteiger partial charge in [-0.1, -0.05) is 54.0 Å². The van der Waals surface area contributed by atoms with E-state index in [9.17, 15) is 45.0 Å². The van der Waals surface area contributed by atoms with Gasteiger partial charge in [0, 0.05) is 77.0 Å². The molecule has 17 fully saturated rings. The molecule has 0 amide bonds. The molecule has 6 N–H and O–H groups in total. The number of Topliss-reactive ketones (excluding diaryl/α,β-unsaturated/α-hetero) is 3. The topological polar surface area (TPSA) is 302 Å². The van der Waals surface area contributed by atoms with Crippen LogP contribution in [0.1, 0.15) is 195 Å². The zero-order chi connectivity index (χ0) is 72.0. The molecule has 17 rings (SSSR count). The number of fused-ring (bicyclic) bond motifs is 13. The fourth-order valence-electron chi connectivity index (χ4n) is 21.4. The molecule has 0 aromatic heterocycles. The van der Waals surface area contributed by atoms with Crippen molar-refractivity contribution < 1.29 is 111 Å². The molecule has 17 aliphatic rings. The first kappa shape index (κ1) is 75.6. The third-order valence-corrected chi connectivity index (χ3v) is 27.4. The molecule has 7 unspecified atom stereocenters. The smallest absolute Gasteiger partial charge is 0.172 e. The second-order valence-electron chi connectivity index (χ2n) is 34.5. The third kappa shape index (κ3) is 15.8. The molecule has 103 heavy (non-hydrogen) atoms. The summed E-state index contributed by atoms with van der Waals surface area (Å²) in [6.07, 6.45) is 3.80. The van der Waals surface area contributed by atoms with E-state index < -0.39 is 66.8 Å². The van der Waals surface area contributed by atoms with Crippen LogP contribution >= 0.6 is 0 Å². The maximum absolute atomic E-state index is 14.0. The molecule has 576 valence electrons. The number of carbonyl (C=O) groups is 3. The summed E-state index contributed by atoms with van der Waals surface area (Å²) in [5.74, 6) is -0.318. The Hall–Kier alpha value is -2.83. The molecule has 17 saturated heterocycles. The molecule has 0 aromatic carbocycles. The summed E-state index contributed by atoms with van der Waals surface area (Å²) in [6, 6.07) is 0. The first-order valence-electron chi connectivity index (χ1n) is 39.9. The van der Waals surface area contributed by atoms with Gasteiger partial charge < -0.3 is 97.0 Å². The zero-order valence-corrected chi connectivity index (χ0v) is 61.0. The van der Waals surface area contributed by atoms with Crippen LogP contribution in [-0.4, -0.2) is 250 Å². The van der Waals surface area contributed by atoms with E-state index >= 15 is 0 Å². The monoisotopic (exact) mass is 1450 g/mol. The highest BCUT2D eigenvalue weighted by atomic mass is 16.8. The SMILES string of the molecule is C=C1CC2CCC(=O)CC3O[C@H]4[C@@H](O)[C@H]5OC(CC[C@@H]5O[C@H]4[C@H]3O)CC(=O)C[C@@H]3[C@@H](C)[C@@H](C[C@H](O)CO)O[C@H]3C[C@H]3O[C@@H](CC[C@@H]1O2)C[C@@H](C)C3=C.C=C1C[C@@H]2CC[C@@]34C[C@H]5O[C@H]6[C@@H](O3)C3OC(CCC3O[C@H]6C5O4)CC(=O)C[C@@H]3[C@@H](C)[C@@H](C[C@H](O)CO)O[C@H]3C[C@H]3O[C@@H](CC[C@@H]1O2)C[C@@H](C)C3=C. The molecule has 0 aliphatic carbocycles. The van der Waals surface area contributed by atoms with Gasteiger partial charge in [-0.05, 0) is 148 Å². The molecule has 0 saturated carbocycles. The van der Waals surface area contributed by atoms with Crippen molar-refractivity contribution in [2.24, 2.45) is 35.5 Å². The normalized spacial score (nSPS) is 50.8. The molecule has 17 heterocycles. The summed E-state index contributed by atoms with van der Waals surface area (Å²) >= 11 is 0. The van der Waals surface area contributed by atoms with Crippen molar-refractivity contribution in [3.05, 3.63) is 48.6 Å². The van der Waals surface area contributed by atoms with Gasteiger partial charge in [-0.25, -0.2) is 0 Å². The maximum Gasteiger partial charge on any atom is 0.172 e. The highest BCUT2D eigenvalue weighted by Crippen LogP contribution is 2.55. The number of carbonyl (C=O) groups excluding carboxylic acids is 3. The second kappa shape index (κ2) is 31.5. The first-order chi connectivity index (χ1) is 49.4. The van der Waals surface area contributed by atoms with Crippen LogP contribution in [0.5, 0.6) is 0 Å². The van der Waals surface area contributed by atoms with Gasteiger partial charge in [0.15, 0.2) is 5.79 Å². The standard InChI is InChI=1S/C40H60O12.C40H58O11/c1-19-11-27-7-9-30-20(2)12-26(47-30)6-5-23(42)15-35-36(45)39-40(52-35)37(46)38-31(51-39)10-8-28(49-38)13-24(43)14-29-22(4)32(16-25(44)18-41)50-34(29)17-33(48-27)21(19)3;1-19-11-25-5-7-29-20(2)12-27(44-29)9-10-40-17-34-36(50-40)37-38(49-34)39(51-40)35-30(48-37)8-6-26(46-35)13-23(42)14-28-22(4)31(15-24(43)18-41)47-33(28)16-32(45-25)21(19)3/h19,22,25-41,44-46H,2-3,5-18H2,1,4H3;19,22,24-39,41,43H,2-3,5-18H2,1,4H3/t19-,22-,25+,26?,27+,28?,29-,30+,31+,32-,33-,34+,35?,36+,37+,38+,39+,40+;19-,22-,24+,25+,26?,27+,28-,29+,30?,31-,32-,33+,34-,35?,36?,37+,38-,39+,40+/m11/s1. The van der Waals surface area contributed by atoms with Crippen LogP contribution in [0.2, 0.25) is 0 Å². The van der Waals surface area contributed by atoms with Gasteiger partial charge in [-0.2, -0.15) is 0 Å². The van der Waals surface area contributed by atoms with Gasteiger partial charge in [0.05, 0.1) is 135 Å². The van der Waals surface area contributed by atoms with Crippen LogP contribution in [-0.2, 0) is 80.7 Å². The quantitative estimate of drug-likeness (QED) is 0.146. The first-order valence-corrected chi connectivity index (χ1v) is 39.9. The minimum absolute atomic E-state index is 0.00785. The second-order valence-corrected chi connectivity index (χ2v) is 34.5. The van der Waals surface area contributed by atoms with Crippen LogP contribution in [0.15, 0.2) is 48.6 Å². The van der Waals surface area contributed by atoms with E-state index in [1.807, 2.05) is 0 Å². The van der Waals surface area contributed by atoms with E-state index in [0.29, 0.717) is 76.5 Å². The van der Waals surface area contributed by atoms with Crippen molar-refractivity contribution in [1.82, 2.24) is 0 Å². The summed E-state index contributed by atoms with van der Waals surface area (Å²) in [5, 5.41) is 62.5. The van der Waals surface area contributed by atoms with Crippen molar-refractivity contribution in [2.75, 3.05) is 13.2 Å². The molecule has 0 aromatic rings. The fourth-order valence-corrected chi connectivity index (χ4v) is 21.4. The molecule has 23 nitrogen and oxygen atoms in total. The van der Waals surface area contributed by atoms with Gasteiger partial charge in [0.2, 0.25) is 0 Å².